The van der Waals surface area contributed by atoms with Crippen LogP contribution in [0.4, 0.5) is 0 Å². The van der Waals surface area contributed by atoms with Gasteiger partial charge in [0.1, 0.15) is 11.3 Å². The molecule has 7 nitrogen and oxygen atoms in total. The summed E-state index contributed by atoms with van der Waals surface area (Å²) >= 11 is 12.4. The predicted octanol–water partition coefficient (Wildman–Crippen LogP) is 5.09. The van der Waals surface area contributed by atoms with Crippen LogP contribution >= 0.6 is 23.2 Å². The molecule has 3 aromatic heterocycles. The van der Waals surface area contributed by atoms with Crippen LogP contribution in [0.1, 0.15) is 10.5 Å². The third-order valence-electron chi connectivity index (χ3n) is 5.67. The molecule has 0 bridgehead atoms. The van der Waals surface area contributed by atoms with Gasteiger partial charge in [-0.25, -0.2) is 4.79 Å². The molecule has 3 heterocycles. The van der Waals surface area contributed by atoms with Crippen molar-refractivity contribution in [1.29, 1.82) is 0 Å². The lowest BCUT2D eigenvalue weighted by Crippen LogP contribution is -2.20. The molecule has 0 unspecified atom stereocenters. The van der Waals surface area contributed by atoms with Crippen molar-refractivity contribution >= 4 is 51.1 Å². The maximum atomic E-state index is 13.2. The zero-order valence-corrected chi connectivity index (χ0v) is 18.5. The number of aromatic carboxylic acids is 1. The van der Waals surface area contributed by atoms with E-state index in [0.29, 0.717) is 26.9 Å². The van der Waals surface area contributed by atoms with Crippen LogP contribution < -0.4 is 5.56 Å². The highest BCUT2D eigenvalue weighted by molar-refractivity contribution is 6.36. The van der Waals surface area contributed by atoms with Crippen molar-refractivity contribution in [3.05, 3.63) is 74.6 Å². The highest BCUT2D eigenvalue weighted by atomic mass is 35.5. The molecule has 5 aromatic rings. The van der Waals surface area contributed by atoms with Gasteiger partial charge in [0.15, 0.2) is 0 Å². The number of aryl methyl sites for hydroxylation is 2. The summed E-state index contributed by atoms with van der Waals surface area (Å²) in [7, 11) is 3.63. The van der Waals surface area contributed by atoms with E-state index in [1.807, 2.05) is 35.9 Å². The van der Waals surface area contributed by atoms with Gasteiger partial charge in [-0.05, 0) is 36.4 Å². The van der Waals surface area contributed by atoms with Gasteiger partial charge in [0.2, 0.25) is 0 Å². The highest BCUT2D eigenvalue weighted by Crippen LogP contribution is 2.35. The number of aromatic amines is 1. The molecule has 0 aliphatic heterocycles. The molecule has 0 spiro atoms. The largest absolute Gasteiger partial charge is 0.477 e. The van der Waals surface area contributed by atoms with E-state index in [2.05, 4.69) is 10.2 Å². The van der Waals surface area contributed by atoms with E-state index in [-0.39, 0.29) is 11.3 Å². The summed E-state index contributed by atoms with van der Waals surface area (Å²) < 4.78 is 3.56. The number of carbonyl (C=O) groups is 1. The van der Waals surface area contributed by atoms with E-state index in [1.54, 1.807) is 29.8 Å². The molecular weight excluding hydrogens is 451 g/mol. The zero-order chi connectivity index (χ0) is 22.7. The summed E-state index contributed by atoms with van der Waals surface area (Å²) in [6.07, 6.45) is 0. The van der Waals surface area contributed by atoms with Crippen LogP contribution in [-0.4, -0.2) is 30.4 Å². The van der Waals surface area contributed by atoms with Gasteiger partial charge in [0.05, 0.1) is 16.2 Å². The number of carboxylic acids is 1. The third-order valence-corrected chi connectivity index (χ3v) is 6.22. The van der Waals surface area contributed by atoms with Crippen LogP contribution in [0.5, 0.6) is 0 Å². The monoisotopic (exact) mass is 466 g/mol. The Balaban J connectivity index is 1.81. The number of hydrogen-bond acceptors (Lipinski definition) is 3. The second kappa shape index (κ2) is 7.25. The van der Waals surface area contributed by atoms with Crippen LogP contribution in [0, 0.1) is 0 Å². The van der Waals surface area contributed by atoms with Crippen molar-refractivity contribution in [2.24, 2.45) is 14.1 Å². The van der Waals surface area contributed by atoms with Gasteiger partial charge < -0.3 is 9.67 Å². The van der Waals surface area contributed by atoms with Gasteiger partial charge in [-0.15, -0.1) is 0 Å². The molecule has 0 aliphatic rings. The fraction of sp³-hybridized carbons (Fsp3) is 0.0870. The standard InChI is InChI=1S/C23H16Cl2N4O3/c1-28-20-6-3-11(18-10-19(23(31)32)27-26-18)7-14(20)15-9-16(22(30)29(2)21(15)28)13-5-4-12(24)8-17(13)25/h3-10H,1-2H3,(H,26,27)(H,31,32). The predicted molar refractivity (Wildman–Crippen MR) is 126 cm³/mol. The molecule has 0 saturated carbocycles. The Morgan fingerprint density at radius 2 is 1.75 bits per heavy atom. The van der Waals surface area contributed by atoms with Crippen LogP contribution in [0.2, 0.25) is 10.0 Å². The maximum Gasteiger partial charge on any atom is 0.353 e. The van der Waals surface area contributed by atoms with E-state index in [1.165, 1.54) is 6.07 Å². The normalized spacial score (nSPS) is 11.5. The smallest absolute Gasteiger partial charge is 0.353 e. The van der Waals surface area contributed by atoms with Gasteiger partial charge in [-0.2, -0.15) is 5.10 Å². The minimum Gasteiger partial charge on any atom is -0.477 e. The van der Waals surface area contributed by atoms with Gasteiger partial charge in [0.25, 0.3) is 5.56 Å². The summed E-state index contributed by atoms with van der Waals surface area (Å²) in [4.78, 5) is 24.4. The number of halogens is 2. The molecule has 0 radical (unpaired) electrons. The molecular formula is C23H16Cl2N4O3. The first kappa shape index (κ1) is 20.4. The fourth-order valence-electron chi connectivity index (χ4n) is 4.13. The summed E-state index contributed by atoms with van der Waals surface area (Å²) in [6.45, 7) is 0. The Kier molecular flexibility index (Phi) is 4.62. The number of pyridine rings is 1. The SMILES string of the molecule is Cn1c(=O)c(-c2ccc(Cl)cc2Cl)cc2c3cc(-c4cc(C(=O)O)[nH]n4)ccc3n(C)c21. The quantitative estimate of drug-likeness (QED) is 0.387. The van der Waals surface area contributed by atoms with Crippen molar-refractivity contribution in [3.63, 3.8) is 0 Å². The summed E-state index contributed by atoms with van der Waals surface area (Å²) in [5.74, 6) is -1.07. The van der Waals surface area contributed by atoms with Gasteiger partial charge in [-0.3, -0.25) is 14.5 Å². The van der Waals surface area contributed by atoms with Gasteiger partial charge in [-0.1, -0.05) is 35.3 Å². The maximum absolute atomic E-state index is 13.2. The Hall–Kier alpha value is -3.55. The number of H-pyrrole nitrogens is 1. The van der Waals surface area contributed by atoms with Crippen LogP contribution in [-0.2, 0) is 14.1 Å². The van der Waals surface area contributed by atoms with E-state index in [9.17, 15) is 14.7 Å². The van der Waals surface area contributed by atoms with Crippen molar-refractivity contribution in [2.75, 3.05) is 0 Å². The topological polar surface area (TPSA) is 92.9 Å². The molecule has 5 rings (SSSR count). The van der Waals surface area contributed by atoms with Gasteiger partial charge >= 0.3 is 5.97 Å². The minimum absolute atomic E-state index is 0.0140. The molecule has 0 amide bonds. The number of benzene rings is 2. The summed E-state index contributed by atoms with van der Waals surface area (Å²) in [5.41, 5.74) is 3.86. The Labute approximate surface area is 191 Å². The lowest BCUT2D eigenvalue weighted by molar-refractivity contribution is 0.0690. The van der Waals surface area contributed by atoms with E-state index < -0.39 is 5.97 Å². The van der Waals surface area contributed by atoms with Crippen molar-refractivity contribution in [2.45, 2.75) is 0 Å². The average molecular weight is 467 g/mol. The van der Waals surface area contributed by atoms with E-state index in [4.69, 9.17) is 23.2 Å². The number of aromatic nitrogens is 4. The Morgan fingerprint density at radius 3 is 2.44 bits per heavy atom. The molecule has 0 saturated heterocycles. The van der Waals surface area contributed by atoms with E-state index in [0.717, 1.165) is 27.5 Å². The van der Waals surface area contributed by atoms with Crippen molar-refractivity contribution < 1.29 is 9.90 Å². The molecule has 0 aliphatic carbocycles. The molecule has 32 heavy (non-hydrogen) atoms. The second-order valence-electron chi connectivity index (χ2n) is 7.55. The summed E-state index contributed by atoms with van der Waals surface area (Å²) in [5, 5.41) is 18.5. The van der Waals surface area contributed by atoms with Crippen molar-refractivity contribution in [3.8, 4) is 22.4 Å². The number of nitrogens with one attached hydrogen (secondary N) is 1. The Bertz CT molecular complexity index is 1630. The number of rotatable bonds is 3. The first-order valence-electron chi connectivity index (χ1n) is 9.63. The van der Waals surface area contributed by atoms with E-state index >= 15 is 0 Å². The Morgan fingerprint density at radius 1 is 0.969 bits per heavy atom. The van der Waals surface area contributed by atoms with Crippen molar-refractivity contribution in [1.82, 2.24) is 19.3 Å². The van der Waals surface area contributed by atoms with Gasteiger partial charge in [0, 0.05) is 46.6 Å². The minimum atomic E-state index is -1.07. The first-order chi connectivity index (χ1) is 15.3. The average Bonchev–Trinajstić information content (AvgIpc) is 3.35. The lowest BCUT2D eigenvalue weighted by atomic mass is 10.0. The second-order valence-corrected chi connectivity index (χ2v) is 8.39. The highest BCUT2D eigenvalue weighted by Gasteiger charge is 2.18. The lowest BCUT2D eigenvalue weighted by Gasteiger charge is -2.09. The number of fused-ring (bicyclic) bond motifs is 3. The zero-order valence-electron chi connectivity index (χ0n) is 17.0. The molecule has 0 atom stereocenters. The molecule has 9 heteroatoms. The number of nitrogens with zero attached hydrogens (tertiary/aromatic N) is 3. The van der Waals surface area contributed by atoms with Crippen LogP contribution in [0.15, 0.2) is 53.3 Å². The third kappa shape index (κ3) is 3.01. The molecule has 160 valence electrons. The first-order valence-corrected chi connectivity index (χ1v) is 10.4. The molecule has 2 aromatic carbocycles. The number of carboxylic acid groups (broad SMARTS) is 1. The van der Waals surface area contributed by atoms with Crippen LogP contribution in [0.25, 0.3) is 44.3 Å². The fourth-order valence-corrected chi connectivity index (χ4v) is 4.64. The summed E-state index contributed by atoms with van der Waals surface area (Å²) in [6, 6.07) is 14.1. The molecule has 2 N–H and O–H groups in total. The molecule has 0 fully saturated rings. The number of hydrogen-bond donors (Lipinski definition) is 2. The van der Waals surface area contributed by atoms with Crippen LogP contribution in [0.3, 0.4) is 0 Å².